The predicted octanol–water partition coefficient (Wildman–Crippen LogP) is 3.92. The highest BCUT2D eigenvalue weighted by Gasteiger charge is 2.14. The van der Waals surface area contributed by atoms with E-state index in [0.717, 1.165) is 12.1 Å². The van der Waals surface area contributed by atoms with Crippen molar-refractivity contribution in [2.24, 2.45) is 5.92 Å². The molecule has 2 aromatic rings. The molecule has 0 atom stereocenters. The van der Waals surface area contributed by atoms with Crippen LogP contribution in [0.3, 0.4) is 0 Å². The average Bonchev–Trinajstić information content (AvgIpc) is 2.71. The van der Waals surface area contributed by atoms with E-state index in [0.29, 0.717) is 29.9 Å². The number of esters is 1. The first-order valence-electron chi connectivity index (χ1n) is 9.20. The number of rotatable bonds is 7. The third-order valence-corrected chi connectivity index (χ3v) is 4.88. The van der Waals surface area contributed by atoms with E-state index >= 15 is 0 Å². The van der Waals surface area contributed by atoms with Crippen LogP contribution in [-0.4, -0.2) is 34.6 Å². The molecular weight excluding hydrogens is 366 g/mol. The number of halogens is 1. The SMILES string of the molecule is COC(=O)c1ccc(CNc2nc(Cl)nc(NCC3CCCCC3)n2)cc1. The normalized spacial score (nSPS) is 14.6. The number of anilines is 2. The van der Waals surface area contributed by atoms with Gasteiger partial charge >= 0.3 is 5.97 Å². The van der Waals surface area contributed by atoms with Crippen LogP contribution in [0.2, 0.25) is 5.28 Å². The van der Waals surface area contributed by atoms with Gasteiger partial charge in [-0.1, -0.05) is 31.4 Å². The lowest BCUT2D eigenvalue weighted by Crippen LogP contribution is -2.19. The molecule has 0 aliphatic heterocycles. The van der Waals surface area contributed by atoms with E-state index in [4.69, 9.17) is 16.3 Å². The Bertz CT molecular complexity index is 763. The molecular formula is C19H24ClN5O2. The van der Waals surface area contributed by atoms with Crippen LogP contribution in [0.25, 0.3) is 0 Å². The number of aromatic nitrogens is 3. The van der Waals surface area contributed by atoms with Gasteiger partial charge in [-0.3, -0.25) is 0 Å². The Morgan fingerprint density at radius 1 is 1.07 bits per heavy atom. The number of methoxy groups -OCH3 is 1. The number of nitrogens with one attached hydrogen (secondary N) is 2. The summed E-state index contributed by atoms with van der Waals surface area (Å²) in [4.78, 5) is 24.1. The molecule has 8 heteroatoms. The van der Waals surface area contributed by atoms with Crippen molar-refractivity contribution in [3.63, 3.8) is 0 Å². The summed E-state index contributed by atoms with van der Waals surface area (Å²) in [6.45, 7) is 1.36. The smallest absolute Gasteiger partial charge is 0.337 e. The van der Waals surface area contributed by atoms with Gasteiger partial charge in [0, 0.05) is 13.1 Å². The molecule has 7 nitrogen and oxygen atoms in total. The molecule has 3 rings (SSSR count). The van der Waals surface area contributed by atoms with Gasteiger partial charge in [0.25, 0.3) is 0 Å². The molecule has 144 valence electrons. The van der Waals surface area contributed by atoms with Gasteiger partial charge in [0.1, 0.15) is 0 Å². The van der Waals surface area contributed by atoms with Gasteiger partial charge in [-0.15, -0.1) is 0 Å². The van der Waals surface area contributed by atoms with E-state index < -0.39 is 0 Å². The number of carbonyl (C=O) groups is 1. The average molecular weight is 390 g/mol. The number of benzene rings is 1. The van der Waals surface area contributed by atoms with Crippen LogP contribution in [0.5, 0.6) is 0 Å². The monoisotopic (exact) mass is 389 g/mol. The third-order valence-electron chi connectivity index (χ3n) is 4.71. The molecule has 1 saturated carbocycles. The Balaban J connectivity index is 1.56. The van der Waals surface area contributed by atoms with Crippen LogP contribution in [0.15, 0.2) is 24.3 Å². The zero-order valence-corrected chi connectivity index (χ0v) is 16.1. The van der Waals surface area contributed by atoms with E-state index in [9.17, 15) is 4.79 Å². The van der Waals surface area contributed by atoms with E-state index in [1.54, 1.807) is 12.1 Å². The van der Waals surface area contributed by atoms with Crippen molar-refractivity contribution < 1.29 is 9.53 Å². The molecule has 0 spiro atoms. The number of carbonyl (C=O) groups excluding carboxylic acids is 1. The number of hydrogen-bond acceptors (Lipinski definition) is 7. The minimum atomic E-state index is -0.354. The standard InChI is InChI=1S/C19H24ClN5O2/c1-27-16(26)15-9-7-14(8-10-15)12-22-19-24-17(20)23-18(25-19)21-11-13-5-3-2-4-6-13/h7-10,13H,2-6,11-12H2,1H3,(H2,21,22,23,24,25). The predicted molar refractivity (Wildman–Crippen MR) is 105 cm³/mol. The Morgan fingerprint density at radius 2 is 1.74 bits per heavy atom. The second kappa shape index (κ2) is 9.50. The molecule has 1 fully saturated rings. The zero-order chi connectivity index (χ0) is 19.1. The highest BCUT2D eigenvalue weighted by atomic mass is 35.5. The van der Waals surface area contributed by atoms with E-state index in [1.807, 2.05) is 12.1 Å². The third kappa shape index (κ3) is 5.79. The van der Waals surface area contributed by atoms with Gasteiger partial charge in [-0.05, 0) is 48.1 Å². The summed E-state index contributed by atoms with van der Waals surface area (Å²) >= 11 is 6.03. The largest absolute Gasteiger partial charge is 0.465 e. The second-order valence-corrected chi connectivity index (χ2v) is 7.02. The fourth-order valence-corrected chi connectivity index (χ4v) is 3.35. The van der Waals surface area contributed by atoms with Crippen molar-refractivity contribution in [3.8, 4) is 0 Å². The van der Waals surface area contributed by atoms with Crippen LogP contribution in [0.4, 0.5) is 11.9 Å². The Hall–Kier alpha value is -2.41. The van der Waals surface area contributed by atoms with Crippen molar-refractivity contribution in [2.75, 3.05) is 24.3 Å². The Kier molecular flexibility index (Phi) is 6.81. The fourth-order valence-electron chi connectivity index (χ4n) is 3.19. The number of ether oxygens (including phenoxy) is 1. The van der Waals surface area contributed by atoms with E-state index in [-0.39, 0.29) is 11.3 Å². The van der Waals surface area contributed by atoms with Gasteiger partial charge < -0.3 is 15.4 Å². The maximum atomic E-state index is 11.5. The topological polar surface area (TPSA) is 89.0 Å². The van der Waals surface area contributed by atoms with Crippen molar-refractivity contribution in [2.45, 2.75) is 38.6 Å². The van der Waals surface area contributed by atoms with Crippen molar-refractivity contribution in [3.05, 3.63) is 40.7 Å². The first kappa shape index (κ1) is 19.4. The molecule has 0 bridgehead atoms. The van der Waals surface area contributed by atoms with Crippen LogP contribution >= 0.6 is 11.6 Å². The lowest BCUT2D eigenvalue weighted by Gasteiger charge is -2.21. The highest BCUT2D eigenvalue weighted by molar-refractivity contribution is 6.28. The molecule has 1 aliphatic rings. The molecule has 0 radical (unpaired) electrons. The maximum Gasteiger partial charge on any atom is 0.337 e. The molecule has 0 unspecified atom stereocenters. The Morgan fingerprint density at radius 3 is 2.41 bits per heavy atom. The van der Waals surface area contributed by atoms with E-state index in [1.165, 1.54) is 39.2 Å². The lowest BCUT2D eigenvalue weighted by molar-refractivity contribution is 0.0600. The summed E-state index contributed by atoms with van der Waals surface area (Å²) in [5.74, 6) is 1.22. The number of nitrogens with zero attached hydrogens (tertiary/aromatic N) is 3. The van der Waals surface area contributed by atoms with Crippen molar-refractivity contribution >= 4 is 29.5 Å². The molecule has 0 amide bonds. The Labute approximate surface area is 163 Å². The van der Waals surface area contributed by atoms with Gasteiger partial charge in [-0.2, -0.15) is 15.0 Å². The zero-order valence-electron chi connectivity index (χ0n) is 15.4. The minimum Gasteiger partial charge on any atom is -0.465 e. The van der Waals surface area contributed by atoms with Crippen LogP contribution in [-0.2, 0) is 11.3 Å². The van der Waals surface area contributed by atoms with Crippen LogP contribution in [0, 0.1) is 5.92 Å². The second-order valence-electron chi connectivity index (χ2n) is 6.68. The van der Waals surface area contributed by atoms with Crippen molar-refractivity contribution in [1.82, 2.24) is 15.0 Å². The molecule has 1 heterocycles. The molecule has 27 heavy (non-hydrogen) atoms. The molecule has 2 N–H and O–H groups in total. The van der Waals surface area contributed by atoms with Gasteiger partial charge in [0.15, 0.2) is 0 Å². The maximum absolute atomic E-state index is 11.5. The lowest BCUT2D eigenvalue weighted by atomic mass is 9.89. The van der Waals surface area contributed by atoms with Gasteiger partial charge in [0.05, 0.1) is 12.7 Å². The minimum absolute atomic E-state index is 0.152. The van der Waals surface area contributed by atoms with Crippen LogP contribution in [0.1, 0.15) is 48.0 Å². The molecule has 1 aliphatic carbocycles. The molecule has 1 aromatic carbocycles. The van der Waals surface area contributed by atoms with Crippen LogP contribution < -0.4 is 10.6 Å². The first-order valence-corrected chi connectivity index (χ1v) is 9.58. The molecule has 1 aromatic heterocycles. The summed E-state index contributed by atoms with van der Waals surface area (Å²) in [6, 6.07) is 7.15. The summed E-state index contributed by atoms with van der Waals surface area (Å²) < 4.78 is 4.70. The van der Waals surface area contributed by atoms with E-state index in [2.05, 4.69) is 25.6 Å². The summed E-state index contributed by atoms with van der Waals surface area (Å²) in [5, 5.41) is 6.57. The first-order chi connectivity index (χ1) is 13.1. The van der Waals surface area contributed by atoms with Crippen molar-refractivity contribution in [1.29, 1.82) is 0 Å². The fraction of sp³-hybridized carbons (Fsp3) is 0.474. The van der Waals surface area contributed by atoms with Gasteiger partial charge in [-0.25, -0.2) is 4.79 Å². The highest BCUT2D eigenvalue weighted by Crippen LogP contribution is 2.23. The summed E-state index contributed by atoms with van der Waals surface area (Å²) in [7, 11) is 1.36. The number of hydrogen-bond donors (Lipinski definition) is 2. The quantitative estimate of drug-likeness (QED) is 0.693. The summed E-state index contributed by atoms with van der Waals surface area (Å²) in [6.07, 6.45) is 6.43. The van der Waals surface area contributed by atoms with Gasteiger partial charge in [0.2, 0.25) is 17.2 Å². The molecule has 0 saturated heterocycles. The summed E-state index contributed by atoms with van der Waals surface area (Å²) in [5.41, 5.74) is 1.49.